The first-order chi connectivity index (χ1) is 8.29. The molecule has 0 aliphatic heterocycles. The lowest BCUT2D eigenvalue weighted by Gasteiger charge is -2.37. The van der Waals surface area contributed by atoms with Crippen LogP contribution in [0.2, 0.25) is 0 Å². The van der Waals surface area contributed by atoms with E-state index in [1.54, 1.807) is 11.0 Å². The Morgan fingerprint density at radius 3 is 2.33 bits per heavy atom. The third-order valence-corrected chi connectivity index (χ3v) is 3.54. The minimum absolute atomic E-state index is 0.0488. The van der Waals surface area contributed by atoms with Gasteiger partial charge in [-0.15, -0.1) is 6.58 Å². The zero-order valence-corrected chi connectivity index (χ0v) is 11.5. The monoisotopic (exact) mass is 253 g/mol. The maximum Gasteiger partial charge on any atom is 0.307 e. The van der Waals surface area contributed by atoms with E-state index < -0.39 is 11.9 Å². The first-order valence-electron chi connectivity index (χ1n) is 6.44. The standard InChI is InChI=1S/C14H23NO3/c1-5-9-15(14(2,3)4)12(16)10-7-6-8-11(10)13(17)18/h5,10-11H,1,6-9H2,2-4H3,(H,17,18). The van der Waals surface area contributed by atoms with Crippen molar-refractivity contribution in [1.29, 1.82) is 0 Å². The van der Waals surface area contributed by atoms with Gasteiger partial charge in [-0.2, -0.15) is 0 Å². The summed E-state index contributed by atoms with van der Waals surface area (Å²) < 4.78 is 0. The number of rotatable bonds is 4. The molecule has 2 unspecified atom stereocenters. The smallest absolute Gasteiger partial charge is 0.307 e. The quantitative estimate of drug-likeness (QED) is 0.782. The van der Waals surface area contributed by atoms with Crippen molar-refractivity contribution >= 4 is 11.9 Å². The molecule has 18 heavy (non-hydrogen) atoms. The van der Waals surface area contributed by atoms with Crippen LogP contribution in [0.15, 0.2) is 12.7 Å². The number of nitrogens with zero attached hydrogens (tertiary/aromatic N) is 1. The molecule has 4 heteroatoms. The van der Waals surface area contributed by atoms with Crippen LogP contribution in [0.25, 0.3) is 0 Å². The van der Waals surface area contributed by atoms with Crippen molar-refractivity contribution < 1.29 is 14.7 Å². The summed E-state index contributed by atoms with van der Waals surface area (Å²) in [6.45, 7) is 10.0. The van der Waals surface area contributed by atoms with Gasteiger partial charge in [-0.1, -0.05) is 12.5 Å². The maximum atomic E-state index is 12.5. The minimum Gasteiger partial charge on any atom is -0.481 e. The van der Waals surface area contributed by atoms with E-state index in [9.17, 15) is 9.59 Å². The number of carboxylic acid groups (broad SMARTS) is 1. The second-order valence-corrected chi connectivity index (χ2v) is 5.89. The number of carboxylic acids is 1. The Labute approximate surface area is 109 Å². The minimum atomic E-state index is -0.849. The fourth-order valence-electron chi connectivity index (χ4n) is 2.57. The van der Waals surface area contributed by atoms with Gasteiger partial charge in [-0.05, 0) is 33.6 Å². The van der Waals surface area contributed by atoms with Crippen LogP contribution in [0.5, 0.6) is 0 Å². The molecule has 1 saturated carbocycles. The van der Waals surface area contributed by atoms with Crippen LogP contribution < -0.4 is 0 Å². The van der Waals surface area contributed by atoms with E-state index in [1.807, 2.05) is 20.8 Å². The Morgan fingerprint density at radius 1 is 1.33 bits per heavy atom. The average Bonchev–Trinajstić information content (AvgIpc) is 2.72. The highest BCUT2D eigenvalue weighted by atomic mass is 16.4. The lowest BCUT2D eigenvalue weighted by atomic mass is 9.92. The molecule has 1 aliphatic rings. The molecule has 1 N–H and O–H groups in total. The van der Waals surface area contributed by atoms with Crippen molar-refractivity contribution in [3.63, 3.8) is 0 Å². The van der Waals surface area contributed by atoms with Crippen LogP contribution in [0.4, 0.5) is 0 Å². The zero-order chi connectivity index (χ0) is 13.9. The van der Waals surface area contributed by atoms with Gasteiger partial charge in [0, 0.05) is 12.1 Å². The number of carbonyl (C=O) groups is 2. The topological polar surface area (TPSA) is 57.6 Å². The van der Waals surface area contributed by atoms with E-state index in [1.165, 1.54) is 0 Å². The molecule has 1 amide bonds. The second-order valence-electron chi connectivity index (χ2n) is 5.89. The SMILES string of the molecule is C=CCN(C(=O)C1CCCC1C(=O)O)C(C)(C)C. The zero-order valence-electron chi connectivity index (χ0n) is 11.5. The Hall–Kier alpha value is -1.32. The Morgan fingerprint density at radius 2 is 1.89 bits per heavy atom. The second kappa shape index (κ2) is 5.55. The van der Waals surface area contributed by atoms with E-state index in [4.69, 9.17) is 5.11 Å². The van der Waals surface area contributed by atoms with Gasteiger partial charge in [0.15, 0.2) is 0 Å². The lowest BCUT2D eigenvalue weighted by Crippen LogP contribution is -2.49. The van der Waals surface area contributed by atoms with E-state index in [-0.39, 0.29) is 17.4 Å². The van der Waals surface area contributed by atoms with Crippen LogP contribution in [-0.2, 0) is 9.59 Å². The summed E-state index contributed by atoms with van der Waals surface area (Å²) in [6, 6.07) is 0. The van der Waals surface area contributed by atoms with Gasteiger partial charge in [-0.3, -0.25) is 9.59 Å². The first-order valence-corrected chi connectivity index (χ1v) is 6.44. The predicted octanol–water partition coefficient (Wildman–Crippen LogP) is 2.30. The van der Waals surface area contributed by atoms with Gasteiger partial charge in [0.25, 0.3) is 0 Å². The fraction of sp³-hybridized carbons (Fsp3) is 0.714. The molecule has 0 heterocycles. The van der Waals surface area contributed by atoms with E-state index in [2.05, 4.69) is 6.58 Å². The first kappa shape index (κ1) is 14.7. The van der Waals surface area contributed by atoms with Gasteiger partial charge in [0.1, 0.15) is 0 Å². The summed E-state index contributed by atoms with van der Waals surface area (Å²) in [5, 5.41) is 9.16. The molecule has 2 atom stereocenters. The van der Waals surface area contributed by atoms with Gasteiger partial charge in [-0.25, -0.2) is 0 Å². The van der Waals surface area contributed by atoms with Crippen molar-refractivity contribution in [1.82, 2.24) is 4.90 Å². The third kappa shape index (κ3) is 3.12. The van der Waals surface area contributed by atoms with Crippen LogP contribution in [0.1, 0.15) is 40.0 Å². The highest BCUT2D eigenvalue weighted by molar-refractivity contribution is 5.85. The van der Waals surface area contributed by atoms with Gasteiger partial charge < -0.3 is 10.0 Å². The van der Waals surface area contributed by atoms with E-state index >= 15 is 0 Å². The molecule has 0 aromatic carbocycles. The number of carbonyl (C=O) groups excluding carboxylic acids is 1. The normalized spacial score (nSPS) is 23.7. The average molecular weight is 253 g/mol. The summed E-state index contributed by atoms with van der Waals surface area (Å²) >= 11 is 0. The predicted molar refractivity (Wildman–Crippen MR) is 70.1 cm³/mol. The van der Waals surface area contributed by atoms with Crippen molar-refractivity contribution in [2.75, 3.05) is 6.54 Å². The molecule has 0 saturated heterocycles. The lowest BCUT2D eigenvalue weighted by molar-refractivity contribution is -0.151. The summed E-state index contributed by atoms with van der Waals surface area (Å²) in [4.78, 5) is 25.4. The Bertz CT molecular complexity index is 343. The molecular formula is C14H23NO3. The third-order valence-electron chi connectivity index (χ3n) is 3.54. The highest BCUT2D eigenvalue weighted by Crippen LogP contribution is 2.34. The fourth-order valence-corrected chi connectivity index (χ4v) is 2.57. The number of aliphatic carboxylic acids is 1. The summed E-state index contributed by atoms with van der Waals surface area (Å²) in [7, 11) is 0. The van der Waals surface area contributed by atoms with Crippen LogP contribution >= 0.6 is 0 Å². The van der Waals surface area contributed by atoms with Crippen molar-refractivity contribution in [2.45, 2.75) is 45.6 Å². The molecule has 1 rings (SSSR count). The molecule has 102 valence electrons. The number of amides is 1. The number of hydrogen-bond donors (Lipinski definition) is 1. The summed E-state index contributed by atoms with van der Waals surface area (Å²) in [5.74, 6) is -1.79. The highest BCUT2D eigenvalue weighted by Gasteiger charge is 2.41. The van der Waals surface area contributed by atoms with Gasteiger partial charge in [0.05, 0.1) is 11.8 Å². The van der Waals surface area contributed by atoms with E-state index in [0.29, 0.717) is 19.4 Å². The van der Waals surface area contributed by atoms with Crippen LogP contribution in [-0.4, -0.2) is 34.0 Å². The van der Waals surface area contributed by atoms with Crippen molar-refractivity contribution in [2.24, 2.45) is 11.8 Å². The Balaban J connectivity index is 2.89. The molecule has 1 aliphatic carbocycles. The van der Waals surface area contributed by atoms with Gasteiger partial charge >= 0.3 is 5.97 Å². The van der Waals surface area contributed by atoms with E-state index in [0.717, 1.165) is 6.42 Å². The molecule has 0 radical (unpaired) electrons. The molecule has 0 aromatic rings. The molecule has 0 bridgehead atoms. The molecule has 4 nitrogen and oxygen atoms in total. The van der Waals surface area contributed by atoms with Crippen LogP contribution in [0, 0.1) is 11.8 Å². The molecule has 0 aromatic heterocycles. The molecular weight excluding hydrogens is 230 g/mol. The summed E-state index contributed by atoms with van der Waals surface area (Å²) in [5.41, 5.74) is -0.309. The largest absolute Gasteiger partial charge is 0.481 e. The molecule has 0 spiro atoms. The molecule has 1 fully saturated rings. The summed E-state index contributed by atoms with van der Waals surface area (Å²) in [6.07, 6.45) is 3.80. The number of hydrogen-bond acceptors (Lipinski definition) is 2. The van der Waals surface area contributed by atoms with Crippen molar-refractivity contribution in [3.8, 4) is 0 Å². The maximum absolute atomic E-state index is 12.5. The van der Waals surface area contributed by atoms with Crippen LogP contribution in [0.3, 0.4) is 0 Å². The van der Waals surface area contributed by atoms with Gasteiger partial charge in [0.2, 0.25) is 5.91 Å². The Kier molecular flexibility index (Phi) is 4.54. The van der Waals surface area contributed by atoms with Crippen molar-refractivity contribution in [3.05, 3.63) is 12.7 Å².